The van der Waals surface area contributed by atoms with Gasteiger partial charge in [0.15, 0.2) is 0 Å². The second kappa shape index (κ2) is 8.43. The first-order chi connectivity index (χ1) is 15.1. The van der Waals surface area contributed by atoms with Gasteiger partial charge in [-0.3, -0.25) is 9.69 Å². The Labute approximate surface area is 186 Å². The van der Waals surface area contributed by atoms with Crippen LogP contribution in [0.25, 0.3) is 0 Å². The molecular weight excluding hydrogens is 440 g/mol. The summed E-state index contributed by atoms with van der Waals surface area (Å²) in [6, 6.07) is 2.52. The Kier molecular flexibility index (Phi) is 5.97. The summed E-state index contributed by atoms with van der Waals surface area (Å²) in [4.78, 5) is 18.7. The molecular formula is C21H27F2N5O3S. The first-order valence-corrected chi connectivity index (χ1v) is 12.1. The molecule has 0 saturated carbocycles. The summed E-state index contributed by atoms with van der Waals surface area (Å²) >= 11 is 0. The number of nitrogens with zero attached hydrogens (tertiary/aromatic N) is 2. The Hall–Kier alpha value is -2.53. The van der Waals surface area contributed by atoms with E-state index < -0.39 is 20.7 Å². The smallest absolute Gasteiger partial charge is 0.333 e. The van der Waals surface area contributed by atoms with Crippen LogP contribution in [0.5, 0.6) is 0 Å². The van der Waals surface area contributed by atoms with E-state index in [1.54, 1.807) is 0 Å². The van der Waals surface area contributed by atoms with Crippen molar-refractivity contribution >= 4 is 21.9 Å². The zero-order valence-electron chi connectivity index (χ0n) is 18.0. The van der Waals surface area contributed by atoms with Gasteiger partial charge >= 0.3 is 10.2 Å². The Morgan fingerprint density at radius 1 is 1.38 bits per heavy atom. The molecule has 2 fully saturated rings. The molecule has 0 radical (unpaired) electrons. The van der Waals surface area contributed by atoms with Crippen LogP contribution in [0, 0.1) is 5.92 Å². The fraction of sp³-hybridized carbons (Fsp3) is 0.524. The van der Waals surface area contributed by atoms with Crippen molar-refractivity contribution in [3.05, 3.63) is 41.6 Å². The number of allylic oxidation sites excluding steroid dienone is 2. The number of hydrogen-bond acceptors (Lipinski definition) is 7. The van der Waals surface area contributed by atoms with E-state index in [2.05, 4.69) is 25.8 Å². The number of likely N-dealkylation sites (N-methyl/N-ethyl adjacent to an activating group) is 1. The third kappa shape index (κ3) is 4.11. The number of halogens is 2. The highest BCUT2D eigenvalue weighted by Gasteiger charge is 2.55. The molecule has 3 N–H and O–H groups in total. The number of piperidine rings is 1. The minimum atomic E-state index is -4.80. The standard InChI is InChI=1S/C21H27F2N5O3S/c1-3-24-17-10-13(22)9-16-19(17)27-20(29)21(16,2)28-8-4-5-14(12-28)26-18-7-6-15(11-25-18)32(23,30)31/h6-7,10-11,14,16,24H,3-5,8-9,12H2,1-2H3,(H,25,26)(H,27,29)/t14-,16?,21?/m1/s1. The van der Waals surface area contributed by atoms with Gasteiger partial charge in [-0.15, -0.1) is 3.89 Å². The molecule has 0 aromatic carbocycles. The monoisotopic (exact) mass is 467 g/mol. The normalized spacial score (nSPS) is 28.8. The Morgan fingerprint density at radius 3 is 2.81 bits per heavy atom. The van der Waals surface area contributed by atoms with Crippen molar-refractivity contribution in [2.24, 2.45) is 5.92 Å². The summed E-state index contributed by atoms with van der Waals surface area (Å²) in [6.07, 6.45) is 4.23. The maximum absolute atomic E-state index is 14.5. The number of carbonyl (C=O) groups is 1. The first kappa shape index (κ1) is 22.7. The van der Waals surface area contributed by atoms with Crippen molar-refractivity contribution in [2.75, 3.05) is 25.0 Å². The molecule has 174 valence electrons. The van der Waals surface area contributed by atoms with Crippen molar-refractivity contribution in [2.45, 2.75) is 49.6 Å². The molecule has 2 saturated heterocycles. The molecule has 8 nitrogen and oxygen atoms in total. The van der Waals surface area contributed by atoms with E-state index in [1.807, 2.05) is 13.8 Å². The van der Waals surface area contributed by atoms with Crippen LogP contribution in [0.15, 0.2) is 46.5 Å². The number of likely N-dealkylation sites (tertiary alicyclic amines) is 1. The summed E-state index contributed by atoms with van der Waals surface area (Å²) in [6.45, 7) is 5.63. The number of carbonyl (C=O) groups excluding carboxylic acids is 1. The van der Waals surface area contributed by atoms with E-state index in [-0.39, 0.29) is 30.1 Å². The lowest BCUT2D eigenvalue weighted by Gasteiger charge is -2.45. The Bertz CT molecular complexity index is 1070. The molecule has 2 aliphatic heterocycles. The largest absolute Gasteiger partial charge is 0.384 e. The van der Waals surface area contributed by atoms with Crippen molar-refractivity contribution in [1.29, 1.82) is 0 Å². The second-order valence-corrected chi connectivity index (χ2v) is 9.90. The molecule has 1 aliphatic carbocycles. The lowest BCUT2D eigenvalue weighted by molar-refractivity contribution is -0.131. The van der Waals surface area contributed by atoms with E-state index >= 15 is 0 Å². The number of nitrogens with one attached hydrogen (secondary N) is 3. The van der Waals surface area contributed by atoms with Gasteiger partial charge in [0.2, 0.25) is 5.91 Å². The van der Waals surface area contributed by atoms with E-state index in [0.29, 0.717) is 31.1 Å². The third-order valence-corrected chi connectivity index (χ3v) is 7.35. The predicted molar refractivity (Wildman–Crippen MR) is 115 cm³/mol. The molecule has 4 rings (SSSR count). The maximum Gasteiger partial charge on any atom is 0.333 e. The summed E-state index contributed by atoms with van der Waals surface area (Å²) in [7, 11) is -4.80. The molecule has 3 aliphatic rings. The van der Waals surface area contributed by atoms with Crippen LogP contribution in [0.1, 0.15) is 33.1 Å². The summed E-state index contributed by atoms with van der Waals surface area (Å²) in [5.74, 6) is -0.296. The third-order valence-electron chi connectivity index (χ3n) is 6.54. The van der Waals surface area contributed by atoms with Crippen LogP contribution in [0.2, 0.25) is 0 Å². The van der Waals surface area contributed by atoms with Crippen molar-refractivity contribution in [3.63, 3.8) is 0 Å². The van der Waals surface area contributed by atoms with Gasteiger partial charge < -0.3 is 16.0 Å². The molecule has 1 amide bonds. The second-order valence-electron chi connectivity index (χ2n) is 8.55. The topological polar surface area (TPSA) is 103 Å². The van der Waals surface area contributed by atoms with E-state index in [4.69, 9.17) is 0 Å². The van der Waals surface area contributed by atoms with Crippen LogP contribution in [0.4, 0.5) is 14.1 Å². The van der Waals surface area contributed by atoms with Gasteiger partial charge in [-0.1, -0.05) is 0 Å². The van der Waals surface area contributed by atoms with Gasteiger partial charge in [-0.25, -0.2) is 9.37 Å². The first-order valence-electron chi connectivity index (χ1n) is 10.7. The molecule has 0 bridgehead atoms. The summed E-state index contributed by atoms with van der Waals surface area (Å²) in [5.41, 5.74) is 0.458. The zero-order valence-corrected chi connectivity index (χ0v) is 18.8. The molecule has 32 heavy (non-hydrogen) atoms. The van der Waals surface area contributed by atoms with Crippen molar-refractivity contribution < 1.29 is 21.5 Å². The Balaban J connectivity index is 1.52. The van der Waals surface area contributed by atoms with E-state index in [0.717, 1.165) is 30.8 Å². The average molecular weight is 468 g/mol. The number of anilines is 1. The van der Waals surface area contributed by atoms with Crippen LogP contribution < -0.4 is 16.0 Å². The van der Waals surface area contributed by atoms with Crippen LogP contribution in [0.3, 0.4) is 0 Å². The fourth-order valence-electron chi connectivity index (χ4n) is 4.86. The quantitative estimate of drug-likeness (QED) is 0.551. The minimum Gasteiger partial charge on any atom is -0.384 e. The van der Waals surface area contributed by atoms with Gasteiger partial charge in [0.05, 0.1) is 11.9 Å². The summed E-state index contributed by atoms with van der Waals surface area (Å²) in [5, 5.41) is 9.37. The Morgan fingerprint density at radius 2 is 2.16 bits per heavy atom. The van der Waals surface area contributed by atoms with Crippen LogP contribution in [-0.4, -0.2) is 55.4 Å². The molecule has 2 unspecified atom stereocenters. The lowest BCUT2D eigenvalue weighted by Crippen LogP contribution is -2.59. The van der Waals surface area contributed by atoms with Gasteiger partial charge in [0.1, 0.15) is 22.1 Å². The van der Waals surface area contributed by atoms with E-state index in [1.165, 1.54) is 12.1 Å². The highest BCUT2D eigenvalue weighted by atomic mass is 32.3. The van der Waals surface area contributed by atoms with Gasteiger partial charge in [-0.05, 0) is 51.4 Å². The zero-order chi connectivity index (χ0) is 23.1. The average Bonchev–Trinajstić information content (AvgIpc) is 3.00. The molecule has 1 aromatic rings. The summed E-state index contributed by atoms with van der Waals surface area (Å²) < 4.78 is 49.5. The van der Waals surface area contributed by atoms with Crippen LogP contribution in [-0.2, 0) is 15.0 Å². The number of pyridine rings is 1. The maximum atomic E-state index is 14.5. The molecule has 0 spiro atoms. The number of fused-ring (bicyclic) bond motifs is 1. The molecule has 3 atom stereocenters. The highest BCUT2D eigenvalue weighted by molar-refractivity contribution is 7.86. The van der Waals surface area contributed by atoms with E-state index in [9.17, 15) is 21.5 Å². The van der Waals surface area contributed by atoms with Crippen molar-refractivity contribution in [3.8, 4) is 0 Å². The van der Waals surface area contributed by atoms with Crippen LogP contribution >= 0.6 is 0 Å². The number of rotatable bonds is 6. The molecule has 3 heterocycles. The lowest BCUT2D eigenvalue weighted by atomic mass is 9.78. The molecule has 11 heteroatoms. The van der Waals surface area contributed by atoms with Gasteiger partial charge in [-0.2, -0.15) is 8.42 Å². The highest BCUT2D eigenvalue weighted by Crippen LogP contribution is 2.44. The number of aromatic nitrogens is 1. The number of hydrogen-bond donors (Lipinski definition) is 3. The SMILES string of the molecule is CCNC1=C2NC(=O)C(C)(N3CCC[C@@H](Nc4ccc(S(=O)(=O)F)cn4)C3)C2CC(F)=C1. The predicted octanol–water partition coefficient (Wildman–Crippen LogP) is 2.20. The molecule has 1 aromatic heterocycles. The minimum absolute atomic E-state index is 0.0565. The van der Waals surface area contributed by atoms with Gasteiger partial charge in [0.25, 0.3) is 0 Å². The fourth-order valence-corrected chi connectivity index (χ4v) is 5.27. The number of amides is 1. The van der Waals surface area contributed by atoms with Crippen molar-refractivity contribution in [1.82, 2.24) is 20.5 Å². The van der Waals surface area contributed by atoms with Gasteiger partial charge in [0, 0.05) is 37.2 Å².